The lowest BCUT2D eigenvalue weighted by Gasteiger charge is -2.23. The van der Waals surface area contributed by atoms with Gasteiger partial charge in [0.1, 0.15) is 5.75 Å². The summed E-state index contributed by atoms with van der Waals surface area (Å²) in [5.74, 6) is 0.453. The number of carbonyl (C=O) groups is 2. The molecule has 3 aromatic rings. The maximum absolute atomic E-state index is 13.1. The van der Waals surface area contributed by atoms with E-state index in [0.717, 1.165) is 21.5 Å². The van der Waals surface area contributed by atoms with Gasteiger partial charge in [-0.05, 0) is 36.8 Å². The standard InChI is InChI=1S/C21H23N3O3S/c1-4-24(21-23-17-7-5-6-8-19(17)28-21)20(26)13-18(22-14(2)25)15-9-11-16(27-3)12-10-15/h5-12,18H,4,13H2,1-3H3,(H,22,25)/t18-/m1/s1. The lowest BCUT2D eigenvalue weighted by Crippen LogP contribution is -2.35. The van der Waals surface area contributed by atoms with Crippen LogP contribution >= 0.6 is 11.3 Å². The van der Waals surface area contributed by atoms with Crippen molar-refractivity contribution in [1.82, 2.24) is 10.3 Å². The largest absolute Gasteiger partial charge is 0.497 e. The molecule has 0 saturated carbocycles. The lowest BCUT2D eigenvalue weighted by atomic mass is 10.0. The first-order valence-electron chi connectivity index (χ1n) is 9.08. The van der Waals surface area contributed by atoms with Gasteiger partial charge in [-0.1, -0.05) is 35.6 Å². The van der Waals surface area contributed by atoms with Crippen molar-refractivity contribution >= 4 is 38.5 Å². The third-order valence-corrected chi connectivity index (χ3v) is 5.46. The molecule has 0 aliphatic heterocycles. The Labute approximate surface area is 168 Å². The highest BCUT2D eigenvalue weighted by Crippen LogP contribution is 2.30. The zero-order valence-electron chi connectivity index (χ0n) is 16.1. The third kappa shape index (κ3) is 4.48. The van der Waals surface area contributed by atoms with Crippen LogP contribution in [0.3, 0.4) is 0 Å². The van der Waals surface area contributed by atoms with E-state index >= 15 is 0 Å². The Kier molecular flexibility index (Phi) is 6.26. The Hall–Kier alpha value is -2.93. The number of nitrogens with zero attached hydrogens (tertiary/aromatic N) is 2. The average molecular weight is 398 g/mol. The van der Waals surface area contributed by atoms with Crippen molar-refractivity contribution in [3.63, 3.8) is 0 Å². The first-order valence-corrected chi connectivity index (χ1v) is 9.90. The maximum atomic E-state index is 13.1. The van der Waals surface area contributed by atoms with E-state index in [1.165, 1.54) is 18.3 Å². The smallest absolute Gasteiger partial charge is 0.231 e. The molecule has 0 unspecified atom stereocenters. The van der Waals surface area contributed by atoms with E-state index in [0.29, 0.717) is 11.7 Å². The fourth-order valence-electron chi connectivity index (χ4n) is 3.01. The minimum absolute atomic E-state index is 0.0869. The number of nitrogens with one attached hydrogen (secondary N) is 1. The van der Waals surface area contributed by atoms with E-state index in [2.05, 4.69) is 10.3 Å². The molecule has 146 valence electrons. The Morgan fingerprint density at radius 1 is 1.18 bits per heavy atom. The molecule has 0 fully saturated rings. The number of hydrogen-bond donors (Lipinski definition) is 1. The summed E-state index contributed by atoms with van der Waals surface area (Å²) < 4.78 is 6.22. The van der Waals surface area contributed by atoms with Crippen molar-refractivity contribution < 1.29 is 14.3 Å². The zero-order chi connectivity index (χ0) is 20.1. The van der Waals surface area contributed by atoms with Crippen molar-refractivity contribution in [3.8, 4) is 5.75 Å². The number of thiazole rings is 1. The molecule has 1 atom stereocenters. The monoisotopic (exact) mass is 397 g/mol. The van der Waals surface area contributed by atoms with E-state index in [1.807, 2.05) is 55.5 Å². The molecule has 0 aliphatic rings. The summed E-state index contributed by atoms with van der Waals surface area (Å²) in [4.78, 5) is 31.0. The highest BCUT2D eigenvalue weighted by Gasteiger charge is 2.23. The first kappa shape index (κ1) is 19.8. The summed E-state index contributed by atoms with van der Waals surface area (Å²) in [6.07, 6.45) is 0.148. The topological polar surface area (TPSA) is 71.5 Å². The summed E-state index contributed by atoms with van der Waals surface area (Å²) in [5.41, 5.74) is 1.73. The first-order chi connectivity index (χ1) is 13.5. The molecule has 1 N–H and O–H groups in total. The summed E-state index contributed by atoms with van der Waals surface area (Å²) >= 11 is 1.49. The minimum Gasteiger partial charge on any atom is -0.497 e. The van der Waals surface area contributed by atoms with Gasteiger partial charge in [-0.3, -0.25) is 14.5 Å². The van der Waals surface area contributed by atoms with Crippen LogP contribution in [0.25, 0.3) is 10.2 Å². The molecular weight excluding hydrogens is 374 g/mol. The van der Waals surface area contributed by atoms with E-state index < -0.39 is 6.04 Å². The number of hydrogen-bond acceptors (Lipinski definition) is 5. The molecule has 0 aliphatic carbocycles. The van der Waals surface area contributed by atoms with Crippen LogP contribution in [0.4, 0.5) is 5.13 Å². The van der Waals surface area contributed by atoms with Crippen LogP contribution in [-0.4, -0.2) is 30.5 Å². The molecule has 0 spiro atoms. The highest BCUT2D eigenvalue weighted by atomic mass is 32.1. The van der Waals surface area contributed by atoms with Crippen LogP contribution in [-0.2, 0) is 9.59 Å². The van der Waals surface area contributed by atoms with Gasteiger partial charge >= 0.3 is 0 Å². The molecule has 1 aromatic heterocycles. The second-order valence-electron chi connectivity index (χ2n) is 6.33. The van der Waals surface area contributed by atoms with Gasteiger partial charge in [-0.15, -0.1) is 0 Å². The van der Waals surface area contributed by atoms with Crippen LogP contribution in [0, 0.1) is 0 Å². The van der Waals surface area contributed by atoms with Crippen molar-refractivity contribution in [1.29, 1.82) is 0 Å². The Morgan fingerprint density at radius 3 is 2.50 bits per heavy atom. The van der Waals surface area contributed by atoms with Gasteiger partial charge in [0, 0.05) is 13.5 Å². The quantitative estimate of drug-likeness (QED) is 0.656. The van der Waals surface area contributed by atoms with Crippen LogP contribution in [0.15, 0.2) is 48.5 Å². The number of para-hydroxylation sites is 1. The van der Waals surface area contributed by atoms with E-state index in [-0.39, 0.29) is 18.2 Å². The number of anilines is 1. The molecule has 2 amide bonds. The third-order valence-electron chi connectivity index (χ3n) is 4.41. The van der Waals surface area contributed by atoms with Gasteiger partial charge in [-0.2, -0.15) is 0 Å². The molecule has 1 heterocycles. The fraction of sp³-hybridized carbons (Fsp3) is 0.286. The SMILES string of the molecule is CCN(C(=O)C[C@@H](NC(C)=O)c1ccc(OC)cc1)c1nc2ccccc2s1. The van der Waals surface area contributed by atoms with Gasteiger partial charge in [0.05, 0.1) is 29.8 Å². The van der Waals surface area contributed by atoms with Crippen molar-refractivity contribution in [2.24, 2.45) is 0 Å². The van der Waals surface area contributed by atoms with E-state index in [9.17, 15) is 9.59 Å². The molecule has 3 rings (SSSR count). The van der Waals surface area contributed by atoms with Crippen molar-refractivity contribution in [2.75, 3.05) is 18.6 Å². The summed E-state index contributed by atoms with van der Waals surface area (Å²) in [6, 6.07) is 14.8. The molecule has 6 nitrogen and oxygen atoms in total. The number of aromatic nitrogens is 1. The number of rotatable bonds is 7. The van der Waals surface area contributed by atoms with Crippen molar-refractivity contribution in [3.05, 3.63) is 54.1 Å². The fourth-order valence-corrected chi connectivity index (χ4v) is 4.06. The number of amides is 2. The van der Waals surface area contributed by atoms with Gasteiger partial charge < -0.3 is 10.1 Å². The van der Waals surface area contributed by atoms with Gasteiger partial charge in [0.2, 0.25) is 11.8 Å². The molecule has 7 heteroatoms. The lowest BCUT2D eigenvalue weighted by molar-refractivity contribution is -0.121. The molecule has 0 radical (unpaired) electrons. The van der Waals surface area contributed by atoms with E-state index in [4.69, 9.17) is 4.74 Å². The van der Waals surface area contributed by atoms with Crippen LogP contribution in [0.5, 0.6) is 5.75 Å². The van der Waals surface area contributed by atoms with Crippen molar-refractivity contribution in [2.45, 2.75) is 26.3 Å². The Bertz CT molecular complexity index is 935. The molecule has 2 aromatic carbocycles. The normalized spacial score (nSPS) is 11.8. The predicted octanol–water partition coefficient (Wildman–Crippen LogP) is 3.93. The van der Waals surface area contributed by atoms with Gasteiger partial charge in [0.25, 0.3) is 0 Å². The molecule has 0 saturated heterocycles. The minimum atomic E-state index is -0.417. The second-order valence-corrected chi connectivity index (χ2v) is 7.34. The highest BCUT2D eigenvalue weighted by molar-refractivity contribution is 7.22. The number of benzene rings is 2. The maximum Gasteiger partial charge on any atom is 0.231 e. The zero-order valence-corrected chi connectivity index (χ0v) is 17.0. The number of fused-ring (bicyclic) bond motifs is 1. The Balaban J connectivity index is 1.83. The van der Waals surface area contributed by atoms with Gasteiger partial charge in [0.15, 0.2) is 5.13 Å². The van der Waals surface area contributed by atoms with Crippen LogP contribution in [0.2, 0.25) is 0 Å². The summed E-state index contributed by atoms with van der Waals surface area (Å²) in [5, 5.41) is 3.55. The number of ether oxygens (including phenoxy) is 1. The number of carbonyl (C=O) groups excluding carboxylic acids is 2. The summed E-state index contributed by atoms with van der Waals surface area (Å²) in [6.45, 7) is 3.88. The molecule has 0 bridgehead atoms. The summed E-state index contributed by atoms with van der Waals surface area (Å²) in [7, 11) is 1.60. The number of methoxy groups -OCH3 is 1. The molecule has 28 heavy (non-hydrogen) atoms. The predicted molar refractivity (Wildman–Crippen MR) is 112 cm³/mol. The average Bonchev–Trinajstić information content (AvgIpc) is 3.11. The van der Waals surface area contributed by atoms with Crippen LogP contribution < -0.4 is 15.0 Å². The molecular formula is C21H23N3O3S. The van der Waals surface area contributed by atoms with E-state index in [1.54, 1.807) is 12.0 Å². The van der Waals surface area contributed by atoms with Gasteiger partial charge in [-0.25, -0.2) is 4.98 Å². The van der Waals surface area contributed by atoms with Crippen LogP contribution in [0.1, 0.15) is 31.9 Å². The Morgan fingerprint density at radius 2 is 1.89 bits per heavy atom. The second kappa shape index (κ2) is 8.84.